The summed E-state index contributed by atoms with van der Waals surface area (Å²) in [7, 11) is -3.42. The number of nitrogens with zero attached hydrogens (tertiary/aromatic N) is 3. The Balaban J connectivity index is 2.06. The molecule has 1 aliphatic rings. The number of nitrogens with one attached hydrogen (secondary N) is 1. The highest BCUT2D eigenvalue weighted by Crippen LogP contribution is 2.14. The van der Waals surface area contributed by atoms with Crippen LogP contribution in [0.2, 0.25) is 0 Å². The van der Waals surface area contributed by atoms with Crippen LogP contribution in [-0.2, 0) is 16.6 Å². The molecule has 112 valence electrons. The Kier molecular flexibility index (Phi) is 4.11. The molecule has 2 rings (SSSR count). The van der Waals surface area contributed by atoms with Crippen molar-refractivity contribution < 1.29 is 18.3 Å². The summed E-state index contributed by atoms with van der Waals surface area (Å²) in [5.41, 5.74) is 0.430. The van der Waals surface area contributed by atoms with Gasteiger partial charge in [0.05, 0.1) is 30.2 Å². The van der Waals surface area contributed by atoms with Gasteiger partial charge in [-0.1, -0.05) is 0 Å². The van der Waals surface area contributed by atoms with E-state index in [1.807, 2.05) is 6.92 Å². The average molecular weight is 302 g/mol. The molecule has 8 nitrogen and oxygen atoms in total. The van der Waals surface area contributed by atoms with Gasteiger partial charge >= 0.3 is 0 Å². The topological polar surface area (TPSA) is 105 Å². The maximum Gasteiger partial charge on any atom is 0.257 e. The first-order valence-electron chi connectivity index (χ1n) is 6.27. The molecule has 2 N–H and O–H groups in total. The van der Waals surface area contributed by atoms with Gasteiger partial charge < -0.3 is 10.0 Å². The smallest absolute Gasteiger partial charge is 0.257 e. The first-order valence-corrected chi connectivity index (χ1v) is 8.16. The maximum absolute atomic E-state index is 12.2. The van der Waals surface area contributed by atoms with Crippen molar-refractivity contribution in [3.63, 3.8) is 0 Å². The van der Waals surface area contributed by atoms with Gasteiger partial charge in [0.2, 0.25) is 10.0 Å². The second-order valence-corrected chi connectivity index (χ2v) is 6.64. The number of aromatic nitrogens is 2. The van der Waals surface area contributed by atoms with Gasteiger partial charge in [0.25, 0.3) is 5.91 Å². The second kappa shape index (κ2) is 5.51. The fourth-order valence-electron chi connectivity index (χ4n) is 2.17. The summed E-state index contributed by atoms with van der Waals surface area (Å²) in [6, 6.07) is -0.671. The molecule has 20 heavy (non-hydrogen) atoms. The minimum Gasteiger partial charge on any atom is -0.390 e. The fourth-order valence-corrected chi connectivity index (χ4v) is 2.95. The molecular weight excluding hydrogens is 284 g/mol. The number of sulfonamides is 1. The summed E-state index contributed by atoms with van der Waals surface area (Å²) in [5, 5.41) is 13.8. The van der Waals surface area contributed by atoms with Crippen molar-refractivity contribution in [1.82, 2.24) is 19.4 Å². The minimum absolute atomic E-state index is 0.101. The van der Waals surface area contributed by atoms with E-state index in [0.29, 0.717) is 12.1 Å². The van der Waals surface area contributed by atoms with Crippen molar-refractivity contribution in [1.29, 1.82) is 0 Å². The van der Waals surface area contributed by atoms with E-state index in [9.17, 15) is 18.3 Å². The van der Waals surface area contributed by atoms with Gasteiger partial charge in [0.15, 0.2) is 0 Å². The van der Waals surface area contributed by atoms with E-state index in [-0.39, 0.29) is 19.0 Å². The molecule has 0 saturated carbocycles. The number of aryl methyl sites for hydroxylation is 1. The average Bonchev–Trinajstić information content (AvgIpc) is 2.94. The lowest BCUT2D eigenvalue weighted by molar-refractivity contribution is 0.0765. The maximum atomic E-state index is 12.2. The number of carbonyl (C=O) groups is 1. The van der Waals surface area contributed by atoms with Crippen LogP contribution in [0.3, 0.4) is 0 Å². The van der Waals surface area contributed by atoms with E-state index >= 15 is 0 Å². The molecule has 0 unspecified atom stereocenters. The monoisotopic (exact) mass is 302 g/mol. The van der Waals surface area contributed by atoms with Crippen LogP contribution in [0.5, 0.6) is 0 Å². The third-order valence-electron chi connectivity index (χ3n) is 3.15. The molecule has 0 aromatic carbocycles. The van der Waals surface area contributed by atoms with Crippen LogP contribution in [0.1, 0.15) is 17.3 Å². The highest BCUT2D eigenvalue weighted by molar-refractivity contribution is 7.88. The third-order valence-corrected chi connectivity index (χ3v) is 3.88. The largest absolute Gasteiger partial charge is 0.390 e. The summed E-state index contributed by atoms with van der Waals surface area (Å²) in [5.74, 6) is -0.262. The van der Waals surface area contributed by atoms with E-state index in [0.717, 1.165) is 6.26 Å². The first-order chi connectivity index (χ1) is 9.30. The summed E-state index contributed by atoms with van der Waals surface area (Å²) in [6.45, 7) is 2.81. The van der Waals surface area contributed by atoms with Gasteiger partial charge in [-0.2, -0.15) is 5.10 Å². The van der Waals surface area contributed by atoms with E-state index in [1.54, 1.807) is 10.9 Å². The number of hydrogen-bond donors (Lipinski definition) is 2. The Bertz CT molecular complexity index is 597. The molecule has 0 bridgehead atoms. The number of rotatable bonds is 4. The highest BCUT2D eigenvalue weighted by Gasteiger charge is 2.36. The van der Waals surface area contributed by atoms with Crippen LogP contribution in [0.25, 0.3) is 0 Å². The Morgan fingerprint density at radius 3 is 2.80 bits per heavy atom. The Hall–Kier alpha value is -1.45. The van der Waals surface area contributed by atoms with Crippen molar-refractivity contribution in [2.45, 2.75) is 25.6 Å². The summed E-state index contributed by atoms with van der Waals surface area (Å²) in [4.78, 5) is 13.6. The van der Waals surface area contributed by atoms with Crippen molar-refractivity contribution in [3.8, 4) is 0 Å². The summed E-state index contributed by atoms with van der Waals surface area (Å²) < 4.78 is 26.3. The van der Waals surface area contributed by atoms with Crippen LogP contribution >= 0.6 is 0 Å². The number of carbonyl (C=O) groups excluding carboxylic acids is 1. The molecule has 2 heterocycles. The zero-order valence-corrected chi connectivity index (χ0v) is 12.2. The SMILES string of the molecule is CCn1cc(C(=O)N2C[C@@H](O)[C@H](NS(C)(=O)=O)C2)cn1. The molecule has 0 spiro atoms. The summed E-state index contributed by atoms with van der Waals surface area (Å²) >= 11 is 0. The molecular formula is C11H18N4O4S. The molecule has 0 aliphatic carbocycles. The highest BCUT2D eigenvalue weighted by atomic mass is 32.2. The number of amides is 1. The van der Waals surface area contributed by atoms with E-state index in [4.69, 9.17) is 0 Å². The number of likely N-dealkylation sites (tertiary alicyclic amines) is 1. The summed E-state index contributed by atoms with van der Waals surface area (Å²) in [6.07, 6.45) is 3.21. The molecule has 9 heteroatoms. The number of aliphatic hydroxyl groups excluding tert-OH is 1. The lowest BCUT2D eigenvalue weighted by Crippen LogP contribution is -2.42. The molecule has 1 aliphatic heterocycles. The molecule has 1 amide bonds. The Morgan fingerprint density at radius 2 is 2.25 bits per heavy atom. The number of hydrogen-bond acceptors (Lipinski definition) is 5. The predicted molar refractivity (Wildman–Crippen MR) is 71.6 cm³/mol. The quantitative estimate of drug-likeness (QED) is 0.714. The molecule has 1 fully saturated rings. The van der Waals surface area contributed by atoms with Crippen molar-refractivity contribution in [3.05, 3.63) is 18.0 Å². The minimum atomic E-state index is -3.42. The normalized spacial score (nSPS) is 23.2. The van der Waals surface area contributed by atoms with Crippen LogP contribution in [0.15, 0.2) is 12.4 Å². The zero-order valence-electron chi connectivity index (χ0n) is 11.4. The van der Waals surface area contributed by atoms with Gasteiger partial charge in [0.1, 0.15) is 0 Å². The Morgan fingerprint density at radius 1 is 1.55 bits per heavy atom. The van der Waals surface area contributed by atoms with E-state index < -0.39 is 22.2 Å². The molecule has 1 aromatic heterocycles. The lowest BCUT2D eigenvalue weighted by Gasteiger charge is -2.15. The van der Waals surface area contributed by atoms with E-state index in [1.165, 1.54) is 11.1 Å². The number of aliphatic hydroxyl groups is 1. The molecule has 0 radical (unpaired) electrons. The van der Waals surface area contributed by atoms with Crippen LogP contribution in [0.4, 0.5) is 0 Å². The van der Waals surface area contributed by atoms with Crippen molar-refractivity contribution in [2.75, 3.05) is 19.3 Å². The predicted octanol–water partition coefficient (Wildman–Crippen LogP) is -1.36. The van der Waals surface area contributed by atoms with Crippen molar-refractivity contribution >= 4 is 15.9 Å². The van der Waals surface area contributed by atoms with Crippen LogP contribution in [-0.4, -0.2) is 65.6 Å². The van der Waals surface area contributed by atoms with E-state index in [2.05, 4.69) is 9.82 Å². The van der Waals surface area contributed by atoms with Crippen LogP contribution < -0.4 is 4.72 Å². The lowest BCUT2D eigenvalue weighted by atomic mass is 10.2. The van der Waals surface area contributed by atoms with Gasteiger partial charge in [-0.25, -0.2) is 13.1 Å². The molecule has 2 atom stereocenters. The van der Waals surface area contributed by atoms with Crippen molar-refractivity contribution in [2.24, 2.45) is 0 Å². The molecule has 1 aromatic rings. The number of β-amino-alcohol motifs (C(OH)–C–C–N with tert-alkyl or cyclic N) is 1. The van der Waals surface area contributed by atoms with Gasteiger partial charge in [0, 0.05) is 25.8 Å². The third kappa shape index (κ3) is 3.35. The Labute approximate surface area is 117 Å². The fraction of sp³-hybridized carbons (Fsp3) is 0.636. The first kappa shape index (κ1) is 14.9. The zero-order chi connectivity index (χ0) is 14.9. The van der Waals surface area contributed by atoms with Gasteiger partial charge in [-0.15, -0.1) is 0 Å². The second-order valence-electron chi connectivity index (χ2n) is 4.86. The van der Waals surface area contributed by atoms with Gasteiger partial charge in [-0.3, -0.25) is 9.48 Å². The van der Waals surface area contributed by atoms with Gasteiger partial charge in [-0.05, 0) is 6.92 Å². The standard InChI is InChI=1S/C11H18N4O4S/c1-3-15-5-8(4-12-15)11(17)14-6-9(10(16)7-14)13-20(2,18)19/h4-5,9-10,13,16H,3,6-7H2,1-2H3/t9-,10-/m1/s1. The van der Waals surface area contributed by atoms with Crippen LogP contribution in [0, 0.1) is 0 Å². The molecule has 1 saturated heterocycles.